The number of phosphoric ester groups is 1. The first-order chi connectivity index (χ1) is 16.1. The Morgan fingerprint density at radius 2 is 0.647 bits per heavy atom. The third-order valence-electron chi connectivity index (χ3n) is 6.75. The third kappa shape index (κ3) is 35.0. The summed E-state index contributed by atoms with van der Waals surface area (Å²) in [5.41, 5.74) is 0. The summed E-state index contributed by atoms with van der Waals surface area (Å²) >= 11 is 0. The van der Waals surface area contributed by atoms with Crippen molar-refractivity contribution in [3.8, 4) is 0 Å². The van der Waals surface area contributed by atoms with E-state index in [2.05, 4.69) is 11.4 Å². The molecular formula is C28H57MgO4P. The van der Waals surface area contributed by atoms with Crippen molar-refractivity contribution < 1.29 is 18.9 Å². The molecule has 0 amide bonds. The first kappa shape index (κ1) is 37.0. The second kappa shape index (κ2) is 30.1. The summed E-state index contributed by atoms with van der Waals surface area (Å²) in [5.74, 6) is 0. The fraction of sp³-hybridized carbons (Fsp3) is 1.00. The van der Waals surface area contributed by atoms with Crippen LogP contribution in [-0.4, -0.2) is 29.7 Å². The van der Waals surface area contributed by atoms with Crippen LogP contribution in [0.4, 0.5) is 0 Å². The molecule has 0 fully saturated rings. The molecule has 0 unspecified atom stereocenters. The predicted molar refractivity (Wildman–Crippen MR) is 145 cm³/mol. The Hall–Kier alpha value is 0.876. The van der Waals surface area contributed by atoms with Gasteiger partial charge in [0, 0.05) is 0 Å². The zero-order valence-electron chi connectivity index (χ0n) is 22.9. The SMILES string of the molecule is CCCCCCCCCCCCCCCCCCCCCCCCCCCCOP(=O)([O-])[O-].[Mg+2]. The second-order valence-corrected chi connectivity index (χ2v) is 11.3. The van der Waals surface area contributed by atoms with Gasteiger partial charge in [0.1, 0.15) is 0 Å². The van der Waals surface area contributed by atoms with E-state index in [1.807, 2.05) is 0 Å². The van der Waals surface area contributed by atoms with Crippen molar-refractivity contribution in [2.45, 2.75) is 174 Å². The number of hydrogen-bond acceptors (Lipinski definition) is 4. The van der Waals surface area contributed by atoms with Crippen LogP contribution in [0.5, 0.6) is 0 Å². The summed E-state index contributed by atoms with van der Waals surface area (Å²) < 4.78 is 14.6. The van der Waals surface area contributed by atoms with Crippen molar-refractivity contribution in [1.82, 2.24) is 0 Å². The van der Waals surface area contributed by atoms with Gasteiger partial charge in [-0.15, -0.1) is 0 Å². The Kier molecular flexibility index (Phi) is 32.8. The van der Waals surface area contributed by atoms with Crippen molar-refractivity contribution in [3.05, 3.63) is 0 Å². The van der Waals surface area contributed by atoms with E-state index in [9.17, 15) is 14.4 Å². The van der Waals surface area contributed by atoms with E-state index < -0.39 is 7.82 Å². The van der Waals surface area contributed by atoms with Crippen LogP contribution in [0.3, 0.4) is 0 Å². The van der Waals surface area contributed by atoms with E-state index in [1.165, 1.54) is 148 Å². The molecule has 0 aliphatic carbocycles. The zero-order chi connectivity index (χ0) is 24.3. The molecule has 0 N–H and O–H groups in total. The summed E-state index contributed by atoms with van der Waals surface area (Å²) in [5, 5.41) is 0. The zero-order valence-corrected chi connectivity index (χ0v) is 25.2. The maximum absolute atomic E-state index is 10.3. The van der Waals surface area contributed by atoms with E-state index in [0.29, 0.717) is 6.42 Å². The van der Waals surface area contributed by atoms with E-state index in [1.54, 1.807) is 0 Å². The molecular weight excluding hydrogens is 456 g/mol. The molecule has 0 aromatic carbocycles. The fourth-order valence-electron chi connectivity index (χ4n) is 4.59. The minimum Gasteiger partial charge on any atom is -0.790 e. The third-order valence-corrected chi connectivity index (χ3v) is 7.25. The Bertz CT molecular complexity index is 417. The van der Waals surface area contributed by atoms with Gasteiger partial charge in [-0.25, -0.2) is 0 Å². The monoisotopic (exact) mass is 512 g/mol. The van der Waals surface area contributed by atoms with Gasteiger partial charge in [0.05, 0.1) is 14.4 Å². The molecule has 0 aromatic rings. The minimum atomic E-state index is -4.77. The molecule has 0 aliphatic rings. The topological polar surface area (TPSA) is 72.4 Å². The minimum absolute atomic E-state index is 0. The molecule has 0 aromatic heterocycles. The Morgan fingerprint density at radius 3 is 0.853 bits per heavy atom. The predicted octanol–water partition coefficient (Wildman–Crippen LogP) is 8.61. The molecule has 0 radical (unpaired) electrons. The van der Waals surface area contributed by atoms with Crippen LogP contribution in [0, 0.1) is 0 Å². The molecule has 6 heteroatoms. The molecule has 0 saturated carbocycles. The molecule has 0 atom stereocenters. The van der Waals surface area contributed by atoms with Gasteiger partial charge in [-0.05, 0) is 6.42 Å². The summed E-state index contributed by atoms with van der Waals surface area (Å²) in [4.78, 5) is 20.6. The summed E-state index contributed by atoms with van der Waals surface area (Å²) in [6.07, 6.45) is 35.0. The quantitative estimate of drug-likeness (QED) is 0.0597. The van der Waals surface area contributed by atoms with Gasteiger partial charge in [0.25, 0.3) is 0 Å². The molecule has 4 nitrogen and oxygen atoms in total. The van der Waals surface area contributed by atoms with E-state index in [-0.39, 0.29) is 29.7 Å². The van der Waals surface area contributed by atoms with Crippen molar-refractivity contribution in [1.29, 1.82) is 0 Å². The summed E-state index contributed by atoms with van der Waals surface area (Å²) in [6, 6.07) is 0. The van der Waals surface area contributed by atoms with E-state index >= 15 is 0 Å². The molecule has 0 aliphatic heterocycles. The van der Waals surface area contributed by atoms with Gasteiger partial charge >= 0.3 is 23.1 Å². The largest absolute Gasteiger partial charge is 2.00 e. The summed E-state index contributed by atoms with van der Waals surface area (Å²) in [7, 11) is -4.77. The van der Waals surface area contributed by atoms with Crippen molar-refractivity contribution in [2.24, 2.45) is 0 Å². The molecule has 0 saturated heterocycles. The molecule has 0 bridgehead atoms. The number of rotatable bonds is 28. The van der Waals surface area contributed by atoms with Crippen LogP contribution in [0.25, 0.3) is 0 Å². The summed E-state index contributed by atoms with van der Waals surface area (Å²) in [6.45, 7) is 2.33. The van der Waals surface area contributed by atoms with Gasteiger partial charge in [-0.2, -0.15) is 0 Å². The molecule has 34 heavy (non-hydrogen) atoms. The fourth-order valence-corrected chi connectivity index (χ4v) is 4.95. The Labute approximate surface area is 229 Å². The first-order valence-electron chi connectivity index (χ1n) is 14.7. The number of phosphoric acid groups is 1. The van der Waals surface area contributed by atoms with Crippen LogP contribution in [0.1, 0.15) is 174 Å². The first-order valence-corrected chi connectivity index (χ1v) is 16.2. The normalized spacial score (nSPS) is 11.6. The van der Waals surface area contributed by atoms with Gasteiger partial charge < -0.3 is 18.9 Å². The smallest absolute Gasteiger partial charge is 0.790 e. The maximum Gasteiger partial charge on any atom is 2.00 e. The van der Waals surface area contributed by atoms with Gasteiger partial charge in [0.2, 0.25) is 0 Å². The van der Waals surface area contributed by atoms with Gasteiger partial charge in [-0.3, -0.25) is 0 Å². The number of unbranched alkanes of at least 4 members (excludes halogenated alkanes) is 25. The van der Waals surface area contributed by atoms with Gasteiger partial charge in [0.15, 0.2) is 0 Å². The average molecular weight is 513 g/mol. The van der Waals surface area contributed by atoms with Gasteiger partial charge in [-0.1, -0.05) is 167 Å². The molecule has 200 valence electrons. The molecule has 0 heterocycles. The molecule has 0 spiro atoms. The van der Waals surface area contributed by atoms with Crippen LogP contribution in [0.15, 0.2) is 0 Å². The van der Waals surface area contributed by atoms with Crippen LogP contribution >= 0.6 is 7.82 Å². The second-order valence-electron chi connectivity index (χ2n) is 10.1. The number of hydrogen-bond donors (Lipinski definition) is 0. The van der Waals surface area contributed by atoms with E-state index in [0.717, 1.165) is 12.8 Å². The van der Waals surface area contributed by atoms with Crippen molar-refractivity contribution >= 4 is 30.9 Å². The van der Waals surface area contributed by atoms with Crippen LogP contribution in [-0.2, 0) is 9.09 Å². The average Bonchev–Trinajstić information content (AvgIpc) is 2.78. The molecule has 0 rings (SSSR count). The van der Waals surface area contributed by atoms with Crippen LogP contribution in [0.2, 0.25) is 0 Å². The Balaban J connectivity index is 0. The van der Waals surface area contributed by atoms with Crippen LogP contribution < -0.4 is 9.79 Å². The van der Waals surface area contributed by atoms with Crippen molar-refractivity contribution in [2.75, 3.05) is 6.61 Å². The Morgan fingerprint density at radius 1 is 0.441 bits per heavy atom. The maximum atomic E-state index is 10.3. The van der Waals surface area contributed by atoms with E-state index in [4.69, 9.17) is 0 Å². The van der Waals surface area contributed by atoms with Crippen molar-refractivity contribution in [3.63, 3.8) is 0 Å². The standard InChI is InChI=1S/C28H59O4P.Mg/c1-2-3-4-5-6-7-8-9-10-11-12-13-14-15-16-17-18-19-20-21-22-23-24-25-26-27-28-32-33(29,30)31;/h2-28H2,1H3,(H2,29,30,31);/q;+2/p-2.